The van der Waals surface area contributed by atoms with Crippen molar-refractivity contribution < 1.29 is 14.3 Å². The molecule has 0 bridgehead atoms. The van der Waals surface area contributed by atoms with Crippen LogP contribution in [0, 0.1) is 5.92 Å². The van der Waals surface area contributed by atoms with Crippen molar-refractivity contribution in [2.75, 3.05) is 59.5 Å². The van der Waals surface area contributed by atoms with Gasteiger partial charge >= 0.3 is 0 Å². The lowest BCUT2D eigenvalue weighted by Crippen LogP contribution is -2.45. The molecule has 2 aliphatic rings. The van der Waals surface area contributed by atoms with Gasteiger partial charge in [-0.25, -0.2) is 0 Å². The van der Waals surface area contributed by atoms with Crippen LogP contribution < -0.4 is 0 Å². The lowest BCUT2D eigenvalue weighted by molar-refractivity contribution is -0.139. The molecule has 120 valence electrons. The average molecular weight is 297 g/mol. The molecule has 2 heterocycles. The van der Waals surface area contributed by atoms with Crippen molar-refractivity contribution in [1.29, 1.82) is 0 Å². The predicted molar refractivity (Wildman–Crippen MR) is 79.9 cm³/mol. The van der Waals surface area contributed by atoms with E-state index in [1.807, 2.05) is 16.8 Å². The smallest absolute Gasteiger partial charge is 0.225 e. The summed E-state index contributed by atoms with van der Waals surface area (Å²) in [5.74, 6) is 0.420. The van der Waals surface area contributed by atoms with Gasteiger partial charge in [-0.1, -0.05) is 0 Å². The minimum Gasteiger partial charge on any atom is -0.379 e. The molecule has 0 spiro atoms. The Morgan fingerprint density at radius 1 is 1.14 bits per heavy atom. The maximum atomic E-state index is 12.4. The van der Waals surface area contributed by atoms with Gasteiger partial charge in [-0.15, -0.1) is 0 Å². The molecule has 0 aromatic heterocycles. The summed E-state index contributed by atoms with van der Waals surface area (Å²) in [6.45, 7) is 8.20. The van der Waals surface area contributed by atoms with E-state index in [9.17, 15) is 9.59 Å². The van der Waals surface area contributed by atoms with E-state index in [0.717, 1.165) is 52.2 Å². The van der Waals surface area contributed by atoms with E-state index in [1.165, 1.54) is 0 Å². The van der Waals surface area contributed by atoms with Gasteiger partial charge in [0.15, 0.2) is 0 Å². The minimum atomic E-state index is 0.0790. The van der Waals surface area contributed by atoms with Crippen molar-refractivity contribution in [2.24, 2.45) is 5.92 Å². The molecule has 2 aliphatic heterocycles. The number of likely N-dealkylation sites (tertiary alicyclic amines) is 1. The molecule has 6 nitrogen and oxygen atoms in total. The average Bonchev–Trinajstić information content (AvgIpc) is 2.53. The molecule has 0 aliphatic carbocycles. The van der Waals surface area contributed by atoms with E-state index in [4.69, 9.17) is 4.74 Å². The number of piperidine rings is 1. The topological polar surface area (TPSA) is 53.1 Å². The summed E-state index contributed by atoms with van der Waals surface area (Å²) in [6.07, 6.45) is 1.58. The minimum absolute atomic E-state index is 0.0790. The molecule has 2 amide bonds. The van der Waals surface area contributed by atoms with Crippen molar-refractivity contribution >= 4 is 11.8 Å². The SMILES string of the molecule is CC(=O)N1CCC(C(=O)N(C)CCN2CCOCC2)CC1. The molecule has 0 unspecified atom stereocenters. The largest absolute Gasteiger partial charge is 0.379 e. The summed E-state index contributed by atoms with van der Waals surface area (Å²) in [5.41, 5.74) is 0. The fourth-order valence-corrected chi connectivity index (χ4v) is 2.98. The zero-order valence-electron chi connectivity index (χ0n) is 13.2. The number of hydrogen-bond acceptors (Lipinski definition) is 4. The van der Waals surface area contributed by atoms with Crippen LogP contribution in [0.25, 0.3) is 0 Å². The van der Waals surface area contributed by atoms with Gasteiger partial charge in [-0.2, -0.15) is 0 Å². The number of rotatable bonds is 4. The van der Waals surface area contributed by atoms with E-state index >= 15 is 0 Å². The van der Waals surface area contributed by atoms with Crippen LogP contribution in [0.5, 0.6) is 0 Å². The second-order valence-electron chi connectivity index (χ2n) is 5.99. The first kappa shape index (κ1) is 16.2. The standard InChI is InChI=1S/C15H27N3O3/c1-13(19)18-5-3-14(4-6-18)15(20)16(2)7-8-17-9-11-21-12-10-17/h14H,3-12H2,1-2H3. The molecule has 2 saturated heterocycles. The number of carbonyl (C=O) groups excluding carboxylic acids is 2. The van der Waals surface area contributed by atoms with Gasteiger partial charge in [0.1, 0.15) is 0 Å². The summed E-state index contributed by atoms with van der Waals surface area (Å²) >= 11 is 0. The van der Waals surface area contributed by atoms with Crippen molar-refractivity contribution in [3.05, 3.63) is 0 Å². The summed E-state index contributed by atoms with van der Waals surface area (Å²) in [6, 6.07) is 0. The molecular weight excluding hydrogens is 270 g/mol. The monoisotopic (exact) mass is 297 g/mol. The highest BCUT2D eigenvalue weighted by Crippen LogP contribution is 2.19. The third kappa shape index (κ3) is 4.68. The van der Waals surface area contributed by atoms with Crippen LogP contribution >= 0.6 is 0 Å². The Morgan fingerprint density at radius 3 is 2.33 bits per heavy atom. The van der Waals surface area contributed by atoms with Crippen molar-refractivity contribution in [1.82, 2.24) is 14.7 Å². The first-order valence-corrected chi connectivity index (χ1v) is 7.88. The Kier molecular flexibility index (Phi) is 5.99. The number of ether oxygens (including phenoxy) is 1. The molecule has 0 radical (unpaired) electrons. The van der Waals surface area contributed by atoms with Gasteiger partial charge in [0.2, 0.25) is 11.8 Å². The quantitative estimate of drug-likeness (QED) is 0.735. The van der Waals surface area contributed by atoms with Crippen molar-refractivity contribution in [3.8, 4) is 0 Å². The Bertz CT molecular complexity index is 361. The van der Waals surface area contributed by atoms with Crippen molar-refractivity contribution in [2.45, 2.75) is 19.8 Å². The van der Waals surface area contributed by atoms with Crippen LogP contribution in [0.15, 0.2) is 0 Å². The van der Waals surface area contributed by atoms with E-state index in [2.05, 4.69) is 4.90 Å². The molecule has 0 N–H and O–H groups in total. The molecule has 2 fully saturated rings. The number of likely N-dealkylation sites (N-methyl/N-ethyl adjacent to an activating group) is 1. The molecule has 0 aromatic carbocycles. The van der Waals surface area contributed by atoms with Crippen LogP contribution in [0.1, 0.15) is 19.8 Å². The van der Waals surface area contributed by atoms with E-state index in [-0.39, 0.29) is 17.7 Å². The third-order valence-electron chi connectivity index (χ3n) is 4.52. The molecular formula is C15H27N3O3. The number of morpholine rings is 1. The summed E-state index contributed by atoms with van der Waals surface area (Å²) in [5, 5.41) is 0. The Morgan fingerprint density at radius 2 is 1.76 bits per heavy atom. The Labute approximate surface area is 127 Å². The maximum absolute atomic E-state index is 12.4. The van der Waals surface area contributed by atoms with Gasteiger partial charge in [-0.05, 0) is 12.8 Å². The zero-order valence-corrected chi connectivity index (χ0v) is 13.2. The highest BCUT2D eigenvalue weighted by molar-refractivity contribution is 5.79. The number of amides is 2. The number of carbonyl (C=O) groups is 2. The lowest BCUT2D eigenvalue weighted by Gasteiger charge is -2.33. The van der Waals surface area contributed by atoms with E-state index in [0.29, 0.717) is 13.1 Å². The highest BCUT2D eigenvalue weighted by atomic mass is 16.5. The highest BCUT2D eigenvalue weighted by Gasteiger charge is 2.28. The first-order chi connectivity index (χ1) is 10.1. The van der Waals surface area contributed by atoms with Crippen LogP contribution in [-0.2, 0) is 14.3 Å². The molecule has 6 heteroatoms. The van der Waals surface area contributed by atoms with E-state index in [1.54, 1.807) is 6.92 Å². The fourth-order valence-electron chi connectivity index (χ4n) is 2.98. The van der Waals surface area contributed by atoms with E-state index < -0.39 is 0 Å². The molecule has 21 heavy (non-hydrogen) atoms. The van der Waals surface area contributed by atoms with Gasteiger partial charge in [0, 0.05) is 59.2 Å². The molecule has 0 aromatic rings. The second kappa shape index (κ2) is 7.75. The number of hydrogen-bond donors (Lipinski definition) is 0. The van der Waals surface area contributed by atoms with Gasteiger partial charge in [0.25, 0.3) is 0 Å². The van der Waals surface area contributed by atoms with Crippen LogP contribution in [0.4, 0.5) is 0 Å². The Hall–Kier alpha value is -1.14. The third-order valence-corrected chi connectivity index (χ3v) is 4.52. The molecule has 2 rings (SSSR count). The number of nitrogens with zero attached hydrogens (tertiary/aromatic N) is 3. The summed E-state index contributed by atoms with van der Waals surface area (Å²) in [7, 11) is 1.89. The summed E-state index contributed by atoms with van der Waals surface area (Å²) in [4.78, 5) is 29.7. The van der Waals surface area contributed by atoms with Crippen molar-refractivity contribution in [3.63, 3.8) is 0 Å². The lowest BCUT2D eigenvalue weighted by atomic mass is 9.95. The predicted octanol–water partition coefficient (Wildman–Crippen LogP) is 0.0355. The van der Waals surface area contributed by atoms with Crippen LogP contribution in [0.3, 0.4) is 0 Å². The first-order valence-electron chi connectivity index (χ1n) is 7.88. The van der Waals surface area contributed by atoms with Gasteiger partial charge < -0.3 is 14.5 Å². The fraction of sp³-hybridized carbons (Fsp3) is 0.867. The molecule has 0 atom stereocenters. The summed E-state index contributed by atoms with van der Waals surface area (Å²) < 4.78 is 5.32. The second-order valence-corrected chi connectivity index (χ2v) is 5.99. The van der Waals surface area contributed by atoms with Gasteiger partial charge in [0.05, 0.1) is 13.2 Å². The van der Waals surface area contributed by atoms with Gasteiger partial charge in [-0.3, -0.25) is 14.5 Å². The zero-order chi connectivity index (χ0) is 15.2. The maximum Gasteiger partial charge on any atom is 0.225 e. The Balaban J connectivity index is 1.71. The molecule has 0 saturated carbocycles. The van der Waals surface area contributed by atoms with Crippen LogP contribution in [-0.4, -0.2) is 86.0 Å². The normalized spacial score (nSPS) is 21.3. The van der Waals surface area contributed by atoms with Crippen LogP contribution in [0.2, 0.25) is 0 Å².